The quantitative estimate of drug-likeness (QED) is 0.741. The van der Waals surface area contributed by atoms with Crippen molar-refractivity contribution in [1.82, 2.24) is 14.9 Å². The smallest absolute Gasteiger partial charge is 0.226 e. The Balaban J connectivity index is 1.60. The van der Waals surface area contributed by atoms with Gasteiger partial charge in [-0.15, -0.1) is 11.3 Å². The van der Waals surface area contributed by atoms with E-state index in [0.29, 0.717) is 24.9 Å². The van der Waals surface area contributed by atoms with Crippen LogP contribution in [0.3, 0.4) is 0 Å². The van der Waals surface area contributed by atoms with Gasteiger partial charge in [0.15, 0.2) is 0 Å². The molecule has 2 atom stereocenters. The highest BCUT2D eigenvalue weighted by atomic mass is 35.5. The minimum atomic E-state index is 0.0582. The van der Waals surface area contributed by atoms with E-state index in [1.54, 1.807) is 11.3 Å². The Labute approximate surface area is 143 Å². The molecule has 0 radical (unpaired) electrons. The number of hydrogen-bond donors (Lipinski definition) is 0. The van der Waals surface area contributed by atoms with Gasteiger partial charge in [-0.2, -0.15) is 0 Å². The number of morpholine rings is 1. The first-order valence-corrected chi connectivity index (χ1v) is 9.13. The molecule has 1 aliphatic heterocycles. The lowest BCUT2D eigenvalue weighted by Gasteiger charge is -2.36. The summed E-state index contributed by atoms with van der Waals surface area (Å²) in [6.45, 7) is 4.03. The second-order valence-corrected chi connectivity index (χ2v) is 7.69. The molecule has 122 valence electrons. The number of halogens is 1. The van der Waals surface area contributed by atoms with E-state index >= 15 is 0 Å². The maximum atomic E-state index is 12.9. The molecule has 2 aromatic rings. The highest BCUT2D eigenvalue weighted by Crippen LogP contribution is 2.40. The molecule has 1 fully saturated rings. The highest BCUT2D eigenvalue weighted by molar-refractivity contribution is 7.19. The maximum absolute atomic E-state index is 12.9. The zero-order chi connectivity index (χ0) is 16.0. The molecule has 1 amide bonds. The van der Waals surface area contributed by atoms with Crippen LogP contribution in [-0.2, 0) is 22.4 Å². The van der Waals surface area contributed by atoms with Gasteiger partial charge < -0.3 is 9.64 Å². The molecule has 0 bridgehead atoms. The SMILES string of the molecule is CC1COCCN1C(=O)[C@H]1CCc2c(sc3ncnc(Cl)c23)C1. The molecule has 7 heteroatoms. The minimum absolute atomic E-state index is 0.0582. The van der Waals surface area contributed by atoms with E-state index < -0.39 is 0 Å². The van der Waals surface area contributed by atoms with Crippen molar-refractivity contribution in [1.29, 1.82) is 0 Å². The molecule has 2 aromatic heterocycles. The molecule has 1 unspecified atom stereocenters. The Morgan fingerprint density at radius 2 is 2.35 bits per heavy atom. The number of rotatable bonds is 1. The van der Waals surface area contributed by atoms with E-state index in [4.69, 9.17) is 16.3 Å². The molecule has 23 heavy (non-hydrogen) atoms. The predicted octanol–water partition coefficient (Wildman–Crippen LogP) is 2.70. The van der Waals surface area contributed by atoms with Crippen LogP contribution in [0.25, 0.3) is 10.2 Å². The number of fused-ring (bicyclic) bond motifs is 3. The summed E-state index contributed by atoms with van der Waals surface area (Å²) < 4.78 is 5.44. The van der Waals surface area contributed by atoms with Gasteiger partial charge in [-0.25, -0.2) is 9.97 Å². The topological polar surface area (TPSA) is 55.3 Å². The normalized spacial score (nSPS) is 24.7. The summed E-state index contributed by atoms with van der Waals surface area (Å²) in [5, 5.41) is 1.51. The van der Waals surface area contributed by atoms with Gasteiger partial charge in [0.25, 0.3) is 0 Å². The van der Waals surface area contributed by atoms with E-state index in [9.17, 15) is 4.79 Å². The zero-order valence-electron chi connectivity index (χ0n) is 12.9. The second kappa shape index (κ2) is 6.00. The van der Waals surface area contributed by atoms with Crippen LogP contribution in [0.4, 0.5) is 0 Å². The van der Waals surface area contributed by atoms with E-state index in [1.165, 1.54) is 16.8 Å². The first kappa shape index (κ1) is 15.3. The number of hydrogen-bond acceptors (Lipinski definition) is 5. The number of ether oxygens (including phenoxy) is 1. The Morgan fingerprint density at radius 1 is 1.48 bits per heavy atom. The van der Waals surface area contributed by atoms with Gasteiger partial charge in [0.1, 0.15) is 16.3 Å². The van der Waals surface area contributed by atoms with E-state index in [-0.39, 0.29) is 17.9 Å². The summed E-state index contributed by atoms with van der Waals surface area (Å²) in [5.41, 5.74) is 1.25. The number of carbonyl (C=O) groups is 1. The third-order valence-corrected chi connectivity index (χ3v) is 6.25. The molecule has 1 saturated heterocycles. The molecule has 0 saturated carbocycles. The van der Waals surface area contributed by atoms with Gasteiger partial charge in [0.05, 0.1) is 24.6 Å². The first-order valence-electron chi connectivity index (χ1n) is 7.94. The summed E-state index contributed by atoms with van der Waals surface area (Å²) in [6.07, 6.45) is 4.03. The van der Waals surface area contributed by atoms with Crippen LogP contribution in [0.2, 0.25) is 5.15 Å². The summed E-state index contributed by atoms with van der Waals surface area (Å²) in [6, 6.07) is 0.167. The molecule has 1 aliphatic carbocycles. The van der Waals surface area contributed by atoms with Crippen LogP contribution in [0.1, 0.15) is 23.8 Å². The first-order chi connectivity index (χ1) is 11.1. The minimum Gasteiger partial charge on any atom is -0.377 e. The van der Waals surface area contributed by atoms with Crippen molar-refractivity contribution in [2.75, 3.05) is 19.8 Å². The lowest BCUT2D eigenvalue weighted by molar-refractivity contribution is -0.143. The van der Waals surface area contributed by atoms with Crippen LogP contribution < -0.4 is 0 Å². The van der Waals surface area contributed by atoms with Gasteiger partial charge in [-0.3, -0.25) is 4.79 Å². The van der Waals surface area contributed by atoms with Crippen LogP contribution in [0.5, 0.6) is 0 Å². The average molecular weight is 352 g/mol. The van der Waals surface area contributed by atoms with Crippen molar-refractivity contribution in [2.45, 2.75) is 32.2 Å². The highest BCUT2D eigenvalue weighted by Gasteiger charge is 2.33. The van der Waals surface area contributed by atoms with Crippen LogP contribution >= 0.6 is 22.9 Å². The van der Waals surface area contributed by atoms with Gasteiger partial charge in [0.2, 0.25) is 5.91 Å². The third-order valence-electron chi connectivity index (χ3n) is 4.80. The molecule has 4 rings (SSSR count). The molecular formula is C16H18ClN3O2S. The Hall–Kier alpha value is -1.24. The molecule has 0 N–H and O–H groups in total. The lowest BCUT2D eigenvalue weighted by atomic mass is 9.86. The van der Waals surface area contributed by atoms with Crippen molar-refractivity contribution >= 4 is 39.1 Å². The van der Waals surface area contributed by atoms with Crippen molar-refractivity contribution in [3.63, 3.8) is 0 Å². The van der Waals surface area contributed by atoms with Crippen LogP contribution in [0.15, 0.2) is 6.33 Å². The van der Waals surface area contributed by atoms with E-state index in [1.807, 2.05) is 4.90 Å². The lowest BCUT2D eigenvalue weighted by Crippen LogP contribution is -2.50. The molecule has 5 nitrogen and oxygen atoms in total. The average Bonchev–Trinajstić information content (AvgIpc) is 2.93. The maximum Gasteiger partial charge on any atom is 0.226 e. The number of carbonyl (C=O) groups excluding carboxylic acids is 1. The molecule has 0 spiro atoms. The van der Waals surface area contributed by atoms with Crippen LogP contribution in [-0.4, -0.2) is 46.6 Å². The fourth-order valence-corrected chi connectivity index (χ4v) is 5.14. The van der Waals surface area contributed by atoms with Gasteiger partial charge >= 0.3 is 0 Å². The fraction of sp³-hybridized carbons (Fsp3) is 0.562. The summed E-state index contributed by atoms with van der Waals surface area (Å²) in [4.78, 5) is 25.5. The fourth-order valence-electron chi connectivity index (χ4n) is 3.57. The van der Waals surface area contributed by atoms with Crippen molar-refractivity contribution in [3.8, 4) is 0 Å². The zero-order valence-corrected chi connectivity index (χ0v) is 14.5. The van der Waals surface area contributed by atoms with E-state index in [0.717, 1.165) is 29.5 Å². The Bertz CT molecular complexity index is 763. The monoisotopic (exact) mass is 351 g/mol. The number of thiophene rings is 1. The van der Waals surface area contributed by atoms with Gasteiger partial charge in [-0.05, 0) is 31.7 Å². The molecule has 2 aliphatic rings. The summed E-state index contributed by atoms with van der Waals surface area (Å²) in [7, 11) is 0. The number of aryl methyl sites for hydroxylation is 1. The largest absolute Gasteiger partial charge is 0.377 e. The third kappa shape index (κ3) is 2.62. The molecule has 0 aromatic carbocycles. The Morgan fingerprint density at radius 3 is 3.17 bits per heavy atom. The number of amides is 1. The predicted molar refractivity (Wildman–Crippen MR) is 89.9 cm³/mol. The summed E-state index contributed by atoms with van der Waals surface area (Å²) >= 11 is 7.89. The van der Waals surface area contributed by atoms with Crippen molar-refractivity contribution in [3.05, 3.63) is 21.9 Å². The second-order valence-electron chi connectivity index (χ2n) is 6.24. The standard InChI is InChI=1S/C16H18ClN3O2S/c1-9-7-22-5-4-20(9)16(21)10-2-3-11-12(6-10)23-15-13(11)14(17)18-8-19-15/h8-10H,2-7H2,1H3/t9?,10-/m0/s1. The van der Waals surface area contributed by atoms with Crippen molar-refractivity contribution < 1.29 is 9.53 Å². The van der Waals surface area contributed by atoms with Gasteiger partial charge in [0, 0.05) is 17.3 Å². The molecular weight excluding hydrogens is 334 g/mol. The molecule has 3 heterocycles. The summed E-state index contributed by atoms with van der Waals surface area (Å²) in [5.74, 6) is 0.323. The van der Waals surface area contributed by atoms with E-state index in [2.05, 4.69) is 16.9 Å². The Kier molecular flexibility index (Phi) is 3.99. The van der Waals surface area contributed by atoms with Crippen LogP contribution in [0, 0.1) is 5.92 Å². The van der Waals surface area contributed by atoms with Crippen molar-refractivity contribution in [2.24, 2.45) is 5.92 Å². The number of aromatic nitrogens is 2. The number of nitrogens with zero attached hydrogens (tertiary/aromatic N) is 3. The van der Waals surface area contributed by atoms with Gasteiger partial charge in [-0.1, -0.05) is 11.6 Å².